The van der Waals surface area contributed by atoms with E-state index >= 15 is 0 Å². The van der Waals surface area contributed by atoms with Crippen molar-refractivity contribution in [2.24, 2.45) is 5.41 Å². The molecule has 0 radical (unpaired) electrons. The van der Waals surface area contributed by atoms with Crippen LogP contribution >= 0.6 is 0 Å². The average Bonchev–Trinajstić information content (AvgIpc) is 2.74. The number of amides is 1. The lowest BCUT2D eigenvalue weighted by atomic mass is 9.92. The highest BCUT2D eigenvalue weighted by Crippen LogP contribution is 2.36. The molecule has 1 fully saturated rings. The predicted molar refractivity (Wildman–Crippen MR) is 57.6 cm³/mol. The van der Waals surface area contributed by atoms with Crippen LogP contribution in [-0.4, -0.2) is 11.9 Å². The average molecular weight is 207 g/mol. The third kappa shape index (κ3) is 2.41. The second-order valence-electron chi connectivity index (χ2n) is 5.05. The summed E-state index contributed by atoms with van der Waals surface area (Å²) < 4.78 is 5.05. The summed E-state index contributed by atoms with van der Waals surface area (Å²) in [5.41, 5.74) is 0.362. The van der Waals surface area contributed by atoms with Crippen LogP contribution in [0.1, 0.15) is 43.7 Å². The largest absolute Gasteiger partial charge is 0.459 e. The molecule has 0 saturated heterocycles. The Labute approximate surface area is 89.9 Å². The number of nitrogens with one attached hydrogen (secondary N) is 1. The van der Waals surface area contributed by atoms with Crippen molar-refractivity contribution in [3.05, 3.63) is 24.2 Å². The van der Waals surface area contributed by atoms with Crippen molar-refractivity contribution in [1.29, 1.82) is 0 Å². The molecule has 0 aliphatic heterocycles. The molecule has 1 heterocycles. The Morgan fingerprint density at radius 3 is 2.93 bits per heavy atom. The first-order valence-electron chi connectivity index (χ1n) is 5.41. The molecule has 1 atom stereocenters. The van der Waals surface area contributed by atoms with Crippen LogP contribution in [0, 0.1) is 5.41 Å². The first-order chi connectivity index (χ1) is 7.07. The first kappa shape index (κ1) is 10.3. The topological polar surface area (TPSA) is 42.2 Å². The van der Waals surface area contributed by atoms with Gasteiger partial charge >= 0.3 is 0 Å². The van der Waals surface area contributed by atoms with Crippen molar-refractivity contribution in [2.45, 2.75) is 39.2 Å². The molecular formula is C12H17NO2. The Morgan fingerprint density at radius 1 is 1.60 bits per heavy atom. The van der Waals surface area contributed by atoms with Crippen LogP contribution in [0.5, 0.6) is 0 Å². The van der Waals surface area contributed by atoms with E-state index < -0.39 is 0 Å². The fourth-order valence-corrected chi connectivity index (χ4v) is 2.22. The van der Waals surface area contributed by atoms with Crippen LogP contribution in [0.3, 0.4) is 0 Å². The highest BCUT2D eigenvalue weighted by Gasteiger charge is 2.32. The normalized spacial score (nSPS) is 24.0. The molecule has 3 nitrogen and oxygen atoms in total. The van der Waals surface area contributed by atoms with Gasteiger partial charge in [0.05, 0.1) is 6.26 Å². The molecule has 0 bridgehead atoms. The van der Waals surface area contributed by atoms with Gasteiger partial charge in [-0.2, -0.15) is 0 Å². The number of furan rings is 1. The summed E-state index contributed by atoms with van der Waals surface area (Å²) in [5.74, 6) is 0.308. The van der Waals surface area contributed by atoms with Gasteiger partial charge in [-0.15, -0.1) is 0 Å². The van der Waals surface area contributed by atoms with E-state index in [9.17, 15) is 4.79 Å². The lowest BCUT2D eigenvalue weighted by molar-refractivity contribution is 0.0908. The van der Waals surface area contributed by atoms with E-state index in [-0.39, 0.29) is 5.91 Å². The number of hydrogen-bond acceptors (Lipinski definition) is 2. The highest BCUT2D eigenvalue weighted by atomic mass is 16.3. The Hall–Kier alpha value is -1.25. The Kier molecular flexibility index (Phi) is 2.55. The summed E-state index contributed by atoms with van der Waals surface area (Å²) in [7, 11) is 0. The lowest BCUT2D eigenvalue weighted by Gasteiger charge is -2.17. The van der Waals surface area contributed by atoms with Crippen molar-refractivity contribution in [1.82, 2.24) is 5.32 Å². The van der Waals surface area contributed by atoms with E-state index in [4.69, 9.17) is 4.42 Å². The van der Waals surface area contributed by atoms with Gasteiger partial charge in [-0.1, -0.05) is 13.8 Å². The zero-order valence-electron chi connectivity index (χ0n) is 9.25. The molecule has 1 N–H and O–H groups in total. The summed E-state index contributed by atoms with van der Waals surface area (Å²) in [6, 6.07) is 3.72. The van der Waals surface area contributed by atoms with Crippen LogP contribution in [0.15, 0.2) is 22.8 Å². The van der Waals surface area contributed by atoms with Gasteiger partial charge in [0, 0.05) is 6.04 Å². The molecule has 1 aromatic heterocycles. The maximum absolute atomic E-state index is 11.7. The van der Waals surface area contributed by atoms with Gasteiger partial charge in [-0.3, -0.25) is 4.79 Å². The third-order valence-electron chi connectivity index (χ3n) is 3.05. The minimum atomic E-state index is -0.0947. The molecule has 1 aliphatic carbocycles. The van der Waals surface area contributed by atoms with Gasteiger partial charge in [-0.25, -0.2) is 0 Å². The van der Waals surface area contributed by atoms with E-state index in [1.165, 1.54) is 12.7 Å². The molecule has 0 spiro atoms. The van der Waals surface area contributed by atoms with Crippen LogP contribution in [0.4, 0.5) is 0 Å². The number of carbonyl (C=O) groups is 1. The van der Waals surface area contributed by atoms with Crippen molar-refractivity contribution in [3.63, 3.8) is 0 Å². The van der Waals surface area contributed by atoms with E-state index in [1.807, 2.05) is 0 Å². The highest BCUT2D eigenvalue weighted by molar-refractivity contribution is 5.91. The predicted octanol–water partition coefficient (Wildman–Crippen LogP) is 2.59. The van der Waals surface area contributed by atoms with Crippen molar-refractivity contribution in [3.8, 4) is 0 Å². The number of hydrogen-bond donors (Lipinski definition) is 1. The smallest absolute Gasteiger partial charge is 0.287 e. The fourth-order valence-electron chi connectivity index (χ4n) is 2.22. The first-order valence-corrected chi connectivity index (χ1v) is 5.41. The zero-order valence-corrected chi connectivity index (χ0v) is 9.25. The fraction of sp³-hybridized carbons (Fsp3) is 0.583. The minimum Gasteiger partial charge on any atom is -0.459 e. The summed E-state index contributed by atoms with van der Waals surface area (Å²) >= 11 is 0. The Morgan fingerprint density at radius 2 is 2.40 bits per heavy atom. The summed E-state index contributed by atoms with van der Waals surface area (Å²) in [6.45, 7) is 4.48. The van der Waals surface area contributed by atoms with Crippen LogP contribution in [0.25, 0.3) is 0 Å². The monoisotopic (exact) mass is 207 g/mol. The second kappa shape index (κ2) is 3.72. The maximum atomic E-state index is 11.7. The molecule has 1 unspecified atom stereocenters. The molecule has 0 aromatic carbocycles. The van der Waals surface area contributed by atoms with Gasteiger partial charge < -0.3 is 9.73 Å². The van der Waals surface area contributed by atoms with Gasteiger partial charge in [0.25, 0.3) is 5.91 Å². The van der Waals surface area contributed by atoms with E-state index in [1.54, 1.807) is 12.1 Å². The molecule has 3 heteroatoms. The van der Waals surface area contributed by atoms with E-state index in [2.05, 4.69) is 19.2 Å². The van der Waals surface area contributed by atoms with Gasteiger partial charge in [0.15, 0.2) is 5.76 Å². The molecule has 2 rings (SSSR count). The molecule has 15 heavy (non-hydrogen) atoms. The molecule has 1 aromatic rings. The second-order valence-corrected chi connectivity index (χ2v) is 5.05. The molecule has 82 valence electrons. The lowest BCUT2D eigenvalue weighted by Crippen LogP contribution is -2.33. The van der Waals surface area contributed by atoms with Gasteiger partial charge in [0.2, 0.25) is 0 Å². The van der Waals surface area contributed by atoms with Crippen molar-refractivity contribution < 1.29 is 9.21 Å². The van der Waals surface area contributed by atoms with Crippen molar-refractivity contribution in [2.75, 3.05) is 0 Å². The maximum Gasteiger partial charge on any atom is 0.287 e. The standard InChI is InChI=1S/C12H17NO2/c1-12(2)6-5-9(8-12)13-11(14)10-4-3-7-15-10/h3-4,7,9H,5-6,8H2,1-2H3,(H,13,14). The molecular weight excluding hydrogens is 190 g/mol. The zero-order chi connectivity index (χ0) is 10.9. The molecule has 1 aliphatic rings. The van der Waals surface area contributed by atoms with Crippen LogP contribution in [-0.2, 0) is 0 Å². The van der Waals surface area contributed by atoms with Gasteiger partial charge in [-0.05, 0) is 36.8 Å². The third-order valence-corrected chi connectivity index (χ3v) is 3.05. The minimum absolute atomic E-state index is 0.0947. The summed E-state index contributed by atoms with van der Waals surface area (Å²) in [4.78, 5) is 11.7. The van der Waals surface area contributed by atoms with Gasteiger partial charge in [0.1, 0.15) is 0 Å². The Bertz CT molecular complexity index is 341. The number of rotatable bonds is 2. The summed E-state index contributed by atoms with van der Waals surface area (Å²) in [5, 5.41) is 3.00. The SMILES string of the molecule is CC1(C)CCC(NC(=O)c2ccco2)C1. The molecule has 1 amide bonds. The van der Waals surface area contributed by atoms with Crippen LogP contribution < -0.4 is 5.32 Å². The number of carbonyl (C=O) groups excluding carboxylic acids is 1. The quantitative estimate of drug-likeness (QED) is 0.809. The van der Waals surface area contributed by atoms with E-state index in [0.717, 1.165) is 12.8 Å². The van der Waals surface area contributed by atoms with Crippen molar-refractivity contribution >= 4 is 5.91 Å². The van der Waals surface area contributed by atoms with Crippen LogP contribution in [0.2, 0.25) is 0 Å². The Balaban J connectivity index is 1.91. The summed E-state index contributed by atoms with van der Waals surface area (Å²) in [6.07, 6.45) is 4.82. The molecule has 1 saturated carbocycles. The van der Waals surface area contributed by atoms with E-state index in [0.29, 0.717) is 17.2 Å².